The van der Waals surface area contributed by atoms with Crippen molar-refractivity contribution in [2.75, 3.05) is 13.2 Å². The molecule has 1 N–H and O–H groups in total. The zero-order valence-electron chi connectivity index (χ0n) is 10.7. The predicted octanol–water partition coefficient (Wildman–Crippen LogP) is 1.46. The van der Waals surface area contributed by atoms with Crippen molar-refractivity contribution in [1.82, 2.24) is 10.3 Å². The lowest BCUT2D eigenvalue weighted by Gasteiger charge is -2.06. The van der Waals surface area contributed by atoms with E-state index >= 15 is 0 Å². The second-order valence-electron chi connectivity index (χ2n) is 3.83. The van der Waals surface area contributed by atoms with Crippen LogP contribution < -0.4 is 5.32 Å². The molecule has 0 spiro atoms. The maximum atomic E-state index is 11.7. The van der Waals surface area contributed by atoms with E-state index in [2.05, 4.69) is 10.3 Å². The fraction of sp³-hybridized carbons (Fsp3) is 0.462. The Kier molecular flexibility index (Phi) is 5.84. The van der Waals surface area contributed by atoms with Gasteiger partial charge in [-0.25, -0.2) is 0 Å². The molecule has 0 aliphatic rings. The molecule has 0 atom stereocenters. The van der Waals surface area contributed by atoms with Crippen molar-refractivity contribution in [3.05, 3.63) is 29.6 Å². The zero-order valence-corrected chi connectivity index (χ0v) is 10.7. The minimum Gasteiger partial charge on any atom is -0.466 e. The van der Waals surface area contributed by atoms with Gasteiger partial charge in [0, 0.05) is 19.2 Å². The van der Waals surface area contributed by atoms with Crippen LogP contribution in [0.4, 0.5) is 0 Å². The van der Waals surface area contributed by atoms with E-state index in [1.54, 1.807) is 19.2 Å². The van der Waals surface area contributed by atoms with E-state index < -0.39 is 0 Å². The number of ether oxygens (including phenoxy) is 1. The summed E-state index contributed by atoms with van der Waals surface area (Å²) >= 11 is 0. The van der Waals surface area contributed by atoms with Gasteiger partial charge in [-0.2, -0.15) is 0 Å². The molecule has 0 fully saturated rings. The molecular weight excluding hydrogens is 232 g/mol. The molecule has 0 aliphatic heterocycles. The SMILES string of the molecule is CCOC(=O)CCCNC(=O)c1ncccc1C. The van der Waals surface area contributed by atoms with Gasteiger partial charge in [0.25, 0.3) is 5.91 Å². The van der Waals surface area contributed by atoms with Crippen molar-refractivity contribution in [2.45, 2.75) is 26.7 Å². The van der Waals surface area contributed by atoms with Gasteiger partial charge in [0.15, 0.2) is 0 Å². The van der Waals surface area contributed by atoms with E-state index in [4.69, 9.17) is 4.74 Å². The maximum Gasteiger partial charge on any atom is 0.305 e. The minimum absolute atomic E-state index is 0.211. The highest BCUT2D eigenvalue weighted by atomic mass is 16.5. The number of carbonyl (C=O) groups excluding carboxylic acids is 2. The van der Waals surface area contributed by atoms with Crippen molar-refractivity contribution in [2.24, 2.45) is 0 Å². The topological polar surface area (TPSA) is 68.3 Å². The molecule has 0 unspecified atom stereocenters. The largest absolute Gasteiger partial charge is 0.466 e. The summed E-state index contributed by atoms with van der Waals surface area (Å²) in [6.07, 6.45) is 2.46. The number of nitrogens with zero attached hydrogens (tertiary/aromatic N) is 1. The number of esters is 1. The molecule has 1 amide bonds. The molecule has 0 saturated heterocycles. The third-order valence-corrected chi connectivity index (χ3v) is 2.37. The van der Waals surface area contributed by atoms with E-state index in [0.717, 1.165) is 5.56 Å². The summed E-state index contributed by atoms with van der Waals surface area (Å²) in [7, 11) is 0. The third-order valence-electron chi connectivity index (χ3n) is 2.37. The first-order valence-electron chi connectivity index (χ1n) is 6.00. The number of amides is 1. The normalized spacial score (nSPS) is 9.89. The molecule has 5 nitrogen and oxygen atoms in total. The highest BCUT2D eigenvalue weighted by molar-refractivity contribution is 5.93. The average molecular weight is 250 g/mol. The number of pyridine rings is 1. The van der Waals surface area contributed by atoms with E-state index in [9.17, 15) is 9.59 Å². The molecule has 5 heteroatoms. The van der Waals surface area contributed by atoms with Crippen molar-refractivity contribution >= 4 is 11.9 Å². The van der Waals surface area contributed by atoms with Crippen LogP contribution >= 0.6 is 0 Å². The van der Waals surface area contributed by atoms with Crippen molar-refractivity contribution in [1.29, 1.82) is 0 Å². The van der Waals surface area contributed by atoms with Crippen molar-refractivity contribution in [3.8, 4) is 0 Å². The van der Waals surface area contributed by atoms with Gasteiger partial charge in [-0.3, -0.25) is 14.6 Å². The van der Waals surface area contributed by atoms with Gasteiger partial charge < -0.3 is 10.1 Å². The first-order valence-corrected chi connectivity index (χ1v) is 6.00. The van der Waals surface area contributed by atoms with Crippen LogP contribution in [0.1, 0.15) is 35.8 Å². The molecule has 0 aliphatic carbocycles. The second kappa shape index (κ2) is 7.42. The Morgan fingerprint density at radius 2 is 2.22 bits per heavy atom. The van der Waals surface area contributed by atoms with Gasteiger partial charge in [0.1, 0.15) is 5.69 Å². The lowest BCUT2D eigenvalue weighted by Crippen LogP contribution is -2.26. The molecule has 18 heavy (non-hydrogen) atoms. The molecule has 1 aromatic rings. The molecule has 0 aromatic carbocycles. The van der Waals surface area contributed by atoms with Gasteiger partial charge in [0.2, 0.25) is 0 Å². The Hall–Kier alpha value is -1.91. The van der Waals surface area contributed by atoms with Crippen LogP contribution in [0.3, 0.4) is 0 Å². The van der Waals surface area contributed by atoms with Gasteiger partial charge in [-0.15, -0.1) is 0 Å². The molecule has 0 radical (unpaired) electrons. The Labute approximate surface area is 107 Å². The van der Waals surface area contributed by atoms with Gasteiger partial charge >= 0.3 is 5.97 Å². The summed E-state index contributed by atoms with van der Waals surface area (Å²) in [6.45, 7) is 4.43. The lowest BCUT2D eigenvalue weighted by molar-refractivity contribution is -0.143. The number of hydrogen-bond acceptors (Lipinski definition) is 4. The second-order valence-corrected chi connectivity index (χ2v) is 3.83. The molecular formula is C13H18N2O3. The summed E-state index contributed by atoms with van der Waals surface area (Å²) in [6, 6.07) is 3.62. The number of aromatic nitrogens is 1. The first-order chi connectivity index (χ1) is 8.65. The number of hydrogen-bond donors (Lipinski definition) is 1. The lowest BCUT2D eigenvalue weighted by atomic mass is 10.2. The highest BCUT2D eigenvalue weighted by Crippen LogP contribution is 2.02. The summed E-state index contributed by atoms with van der Waals surface area (Å²) in [5.41, 5.74) is 1.26. The van der Waals surface area contributed by atoms with Gasteiger partial charge in [0.05, 0.1) is 6.61 Å². The number of rotatable bonds is 6. The number of carbonyl (C=O) groups is 2. The standard InChI is InChI=1S/C13H18N2O3/c1-3-18-11(16)7-5-9-15-13(17)12-10(2)6-4-8-14-12/h4,6,8H,3,5,7,9H2,1-2H3,(H,15,17). The van der Waals surface area contributed by atoms with E-state index in [1.165, 1.54) is 0 Å². The number of aryl methyl sites for hydroxylation is 1. The molecule has 1 heterocycles. The molecule has 1 rings (SSSR count). The molecule has 1 aromatic heterocycles. The smallest absolute Gasteiger partial charge is 0.305 e. The molecule has 98 valence electrons. The molecule has 0 bridgehead atoms. The van der Waals surface area contributed by atoms with Crippen LogP contribution in [0.5, 0.6) is 0 Å². The fourth-order valence-corrected chi connectivity index (χ4v) is 1.47. The van der Waals surface area contributed by atoms with E-state index in [1.807, 2.05) is 13.0 Å². The van der Waals surface area contributed by atoms with Gasteiger partial charge in [-0.1, -0.05) is 6.07 Å². The summed E-state index contributed by atoms with van der Waals surface area (Å²) in [5.74, 6) is -0.447. The van der Waals surface area contributed by atoms with Crippen LogP contribution in [-0.4, -0.2) is 30.0 Å². The maximum absolute atomic E-state index is 11.7. The average Bonchev–Trinajstić information content (AvgIpc) is 2.35. The Balaban J connectivity index is 2.30. The van der Waals surface area contributed by atoms with Crippen molar-refractivity contribution in [3.63, 3.8) is 0 Å². The summed E-state index contributed by atoms with van der Waals surface area (Å²) in [4.78, 5) is 26.8. The zero-order chi connectivity index (χ0) is 13.4. The monoisotopic (exact) mass is 250 g/mol. The van der Waals surface area contributed by atoms with E-state index in [-0.39, 0.29) is 11.9 Å². The van der Waals surface area contributed by atoms with Crippen LogP contribution in [0.2, 0.25) is 0 Å². The summed E-state index contributed by atoms with van der Waals surface area (Å²) < 4.78 is 4.79. The Morgan fingerprint density at radius 3 is 2.89 bits per heavy atom. The van der Waals surface area contributed by atoms with Crippen LogP contribution in [0, 0.1) is 6.92 Å². The predicted molar refractivity (Wildman–Crippen MR) is 67.2 cm³/mol. The minimum atomic E-state index is -0.235. The fourth-order valence-electron chi connectivity index (χ4n) is 1.47. The first kappa shape index (κ1) is 14.2. The molecule has 0 saturated carbocycles. The third kappa shape index (κ3) is 4.53. The van der Waals surface area contributed by atoms with Crippen molar-refractivity contribution < 1.29 is 14.3 Å². The van der Waals surface area contributed by atoms with Gasteiger partial charge in [-0.05, 0) is 31.9 Å². The Morgan fingerprint density at radius 1 is 1.44 bits per heavy atom. The summed E-state index contributed by atoms with van der Waals surface area (Å²) in [5, 5.41) is 2.73. The van der Waals surface area contributed by atoms with Crippen LogP contribution in [0.25, 0.3) is 0 Å². The number of nitrogens with one attached hydrogen (secondary N) is 1. The quantitative estimate of drug-likeness (QED) is 0.613. The Bertz CT molecular complexity index is 418. The van der Waals surface area contributed by atoms with Crippen LogP contribution in [0.15, 0.2) is 18.3 Å². The highest BCUT2D eigenvalue weighted by Gasteiger charge is 2.09. The van der Waals surface area contributed by atoms with E-state index in [0.29, 0.717) is 31.7 Å². The van der Waals surface area contributed by atoms with Crippen LogP contribution in [-0.2, 0) is 9.53 Å².